The topological polar surface area (TPSA) is 78.4 Å². The number of halogens is 3. The molecule has 2 rings (SSSR count). The van der Waals surface area contributed by atoms with Crippen LogP contribution in [0.25, 0.3) is 0 Å². The van der Waals surface area contributed by atoms with Gasteiger partial charge in [0, 0.05) is 12.7 Å². The van der Waals surface area contributed by atoms with E-state index in [0.29, 0.717) is 18.7 Å². The van der Waals surface area contributed by atoms with Gasteiger partial charge < -0.3 is 15.3 Å². The summed E-state index contributed by atoms with van der Waals surface area (Å²) in [5.74, 6) is -0.152. The Balaban J connectivity index is 2.15. The number of alkyl halides is 3. The molecule has 1 atom stereocenters. The van der Waals surface area contributed by atoms with Crippen LogP contribution < -0.4 is 5.32 Å². The number of amides is 1. The van der Waals surface area contributed by atoms with Gasteiger partial charge in [0.15, 0.2) is 0 Å². The highest BCUT2D eigenvalue weighted by atomic mass is 19.4. The second kappa shape index (κ2) is 5.14. The van der Waals surface area contributed by atoms with E-state index in [4.69, 9.17) is 5.11 Å². The number of carbonyl (C=O) groups is 1. The van der Waals surface area contributed by atoms with E-state index >= 15 is 0 Å². The summed E-state index contributed by atoms with van der Waals surface area (Å²) in [6.45, 7) is 1.35. The third kappa shape index (κ3) is 3.09. The third-order valence-corrected chi connectivity index (χ3v) is 3.05. The number of carboxylic acid groups (broad SMARTS) is 1. The van der Waals surface area contributed by atoms with Gasteiger partial charge in [-0.25, -0.2) is 14.8 Å². The van der Waals surface area contributed by atoms with Crippen LogP contribution in [0.1, 0.15) is 18.2 Å². The molecule has 1 aliphatic rings. The lowest BCUT2D eigenvalue weighted by atomic mass is 10.1. The van der Waals surface area contributed by atoms with Crippen molar-refractivity contribution in [3.8, 4) is 0 Å². The Hall–Kier alpha value is -2.06. The zero-order valence-corrected chi connectivity index (χ0v) is 10.6. The fraction of sp³-hybridized carbons (Fsp3) is 0.545. The molecule has 0 fully saturated rings. The molecule has 0 unspecified atom stereocenters. The van der Waals surface area contributed by atoms with Gasteiger partial charge in [-0.2, -0.15) is 13.2 Å². The normalized spacial score (nSPS) is 16.5. The number of hydrogen-bond acceptors (Lipinski definition) is 4. The van der Waals surface area contributed by atoms with Crippen molar-refractivity contribution in [1.82, 2.24) is 14.9 Å². The minimum atomic E-state index is -4.40. The first-order chi connectivity index (χ1) is 9.27. The number of hydrogen-bond donors (Lipinski definition) is 2. The Bertz CT molecular complexity index is 521. The van der Waals surface area contributed by atoms with Gasteiger partial charge in [-0.1, -0.05) is 0 Å². The van der Waals surface area contributed by atoms with Gasteiger partial charge in [-0.3, -0.25) is 0 Å². The summed E-state index contributed by atoms with van der Waals surface area (Å²) < 4.78 is 37.3. The van der Waals surface area contributed by atoms with Gasteiger partial charge in [0.1, 0.15) is 6.04 Å². The highest BCUT2D eigenvalue weighted by molar-refractivity contribution is 5.65. The molecular weight excluding hydrogens is 277 g/mol. The predicted molar refractivity (Wildman–Crippen MR) is 63.3 cm³/mol. The van der Waals surface area contributed by atoms with Crippen molar-refractivity contribution < 1.29 is 23.1 Å². The maximum atomic E-state index is 12.4. The molecule has 1 aromatic rings. The Morgan fingerprint density at radius 1 is 1.55 bits per heavy atom. The second-order valence-corrected chi connectivity index (χ2v) is 4.53. The first kappa shape index (κ1) is 14.4. The van der Waals surface area contributed by atoms with E-state index in [1.54, 1.807) is 0 Å². The van der Waals surface area contributed by atoms with Crippen molar-refractivity contribution in [3.05, 3.63) is 17.5 Å². The van der Waals surface area contributed by atoms with E-state index in [1.165, 1.54) is 6.20 Å². The summed E-state index contributed by atoms with van der Waals surface area (Å²) in [6.07, 6.45) is -3.58. The fourth-order valence-electron chi connectivity index (χ4n) is 1.81. The van der Waals surface area contributed by atoms with Gasteiger partial charge in [0.05, 0.1) is 12.2 Å². The Morgan fingerprint density at radius 3 is 2.85 bits per heavy atom. The summed E-state index contributed by atoms with van der Waals surface area (Å²) in [4.78, 5) is 19.8. The van der Waals surface area contributed by atoms with E-state index in [0.717, 1.165) is 17.4 Å². The maximum Gasteiger partial charge on any atom is 0.408 e. The summed E-state index contributed by atoms with van der Waals surface area (Å²) in [5.41, 5.74) is 1.19. The standard InChI is InChI=1S/C11H13F3N4O2/c1-6(11(12,13)14)16-9-15-4-7-2-3-18(10(19)20)5-8(7)17-9/h4,6H,2-3,5H2,1H3,(H,19,20)(H,15,16,17)/t6-/m1/s1. The smallest absolute Gasteiger partial charge is 0.408 e. The molecule has 1 amide bonds. The second-order valence-electron chi connectivity index (χ2n) is 4.53. The molecule has 110 valence electrons. The Morgan fingerprint density at radius 2 is 2.25 bits per heavy atom. The van der Waals surface area contributed by atoms with Crippen LogP contribution in [-0.2, 0) is 13.0 Å². The summed E-state index contributed by atoms with van der Waals surface area (Å²) >= 11 is 0. The number of anilines is 1. The average molecular weight is 290 g/mol. The number of fused-ring (bicyclic) bond motifs is 1. The van der Waals surface area contributed by atoms with Crippen LogP contribution in [0.3, 0.4) is 0 Å². The van der Waals surface area contributed by atoms with Crippen LogP contribution in [0.4, 0.5) is 23.9 Å². The lowest BCUT2D eigenvalue weighted by Crippen LogP contribution is -2.36. The number of nitrogens with zero attached hydrogens (tertiary/aromatic N) is 3. The van der Waals surface area contributed by atoms with E-state index in [1.807, 2.05) is 0 Å². The van der Waals surface area contributed by atoms with Gasteiger partial charge in [-0.15, -0.1) is 0 Å². The van der Waals surface area contributed by atoms with E-state index < -0.39 is 18.3 Å². The quantitative estimate of drug-likeness (QED) is 0.869. The highest BCUT2D eigenvalue weighted by Crippen LogP contribution is 2.23. The number of nitrogens with one attached hydrogen (secondary N) is 1. The van der Waals surface area contributed by atoms with E-state index in [9.17, 15) is 18.0 Å². The minimum absolute atomic E-state index is 0.0578. The Kier molecular flexibility index (Phi) is 3.69. The van der Waals surface area contributed by atoms with Crippen molar-refractivity contribution in [2.75, 3.05) is 11.9 Å². The predicted octanol–water partition coefficient (Wildman–Crippen LogP) is 1.88. The average Bonchev–Trinajstić information content (AvgIpc) is 2.36. The largest absolute Gasteiger partial charge is 0.465 e. The van der Waals surface area contributed by atoms with Gasteiger partial charge >= 0.3 is 12.3 Å². The SMILES string of the molecule is C[C@@H](Nc1ncc2c(n1)CN(C(=O)O)CC2)C(F)(F)F. The molecule has 1 aliphatic heterocycles. The fourth-order valence-corrected chi connectivity index (χ4v) is 1.81. The molecule has 0 spiro atoms. The molecule has 0 bridgehead atoms. The van der Waals surface area contributed by atoms with Crippen molar-refractivity contribution in [2.24, 2.45) is 0 Å². The molecule has 2 heterocycles. The molecule has 6 nitrogen and oxygen atoms in total. The van der Waals surface area contributed by atoms with Crippen LogP contribution >= 0.6 is 0 Å². The zero-order chi connectivity index (χ0) is 14.9. The summed E-state index contributed by atoms with van der Waals surface area (Å²) in [5, 5.41) is 11.1. The molecule has 0 saturated heterocycles. The maximum absolute atomic E-state index is 12.4. The molecular formula is C11H13F3N4O2. The Labute approximate surface area is 112 Å². The van der Waals surface area contributed by atoms with Gasteiger partial charge in [-0.05, 0) is 18.9 Å². The van der Waals surface area contributed by atoms with Crippen LogP contribution in [0.2, 0.25) is 0 Å². The minimum Gasteiger partial charge on any atom is -0.465 e. The molecule has 0 aromatic carbocycles. The lowest BCUT2D eigenvalue weighted by Gasteiger charge is -2.26. The molecule has 20 heavy (non-hydrogen) atoms. The van der Waals surface area contributed by atoms with Crippen molar-refractivity contribution >= 4 is 12.0 Å². The van der Waals surface area contributed by atoms with E-state index in [-0.39, 0.29) is 12.5 Å². The molecule has 0 saturated carbocycles. The molecule has 9 heteroatoms. The molecule has 0 radical (unpaired) electrons. The van der Waals surface area contributed by atoms with Crippen molar-refractivity contribution in [2.45, 2.75) is 32.1 Å². The van der Waals surface area contributed by atoms with Crippen molar-refractivity contribution in [1.29, 1.82) is 0 Å². The molecule has 1 aromatic heterocycles. The van der Waals surface area contributed by atoms with Crippen molar-refractivity contribution in [3.63, 3.8) is 0 Å². The third-order valence-electron chi connectivity index (χ3n) is 3.05. The summed E-state index contributed by atoms with van der Waals surface area (Å²) in [7, 11) is 0. The lowest BCUT2D eigenvalue weighted by molar-refractivity contribution is -0.138. The first-order valence-corrected chi connectivity index (χ1v) is 5.93. The van der Waals surface area contributed by atoms with Crippen LogP contribution in [0.5, 0.6) is 0 Å². The van der Waals surface area contributed by atoms with Crippen LogP contribution in [0, 0.1) is 0 Å². The van der Waals surface area contributed by atoms with Crippen LogP contribution in [0.15, 0.2) is 6.20 Å². The molecule has 2 N–H and O–H groups in total. The number of aromatic nitrogens is 2. The van der Waals surface area contributed by atoms with Crippen LogP contribution in [-0.4, -0.2) is 44.8 Å². The van der Waals surface area contributed by atoms with E-state index in [2.05, 4.69) is 15.3 Å². The van der Waals surface area contributed by atoms with Gasteiger partial charge in [0.2, 0.25) is 5.95 Å². The molecule has 0 aliphatic carbocycles. The van der Waals surface area contributed by atoms with Gasteiger partial charge in [0.25, 0.3) is 0 Å². The summed E-state index contributed by atoms with van der Waals surface area (Å²) in [6, 6.07) is -1.78. The number of rotatable bonds is 2. The zero-order valence-electron chi connectivity index (χ0n) is 10.6. The first-order valence-electron chi connectivity index (χ1n) is 5.93. The monoisotopic (exact) mass is 290 g/mol. The highest BCUT2D eigenvalue weighted by Gasteiger charge is 2.36.